The molecule has 7 nitrogen and oxygen atoms in total. The smallest absolute Gasteiger partial charge is 0.224 e. The Balaban J connectivity index is 2.00. The summed E-state index contributed by atoms with van der Waals surface area (Å²) in [5.74, 6) is 0.896. The third-order valence-corrected chi connectivity index (χ3v) is 3.03. The molecule has 0 amide bonds. The lowest BCUT2D eigenvalue weighted by atomic mass is 10.3. The number of H-pyrrole nitrogens is 1. The molecule has 4 N–H and O–H groups in total. The second-order valence-electron chi connectivity index (χ2n) is 4.62. The van der Waals surface area contributed by atoms with Crippen molar-refractivity contribution in [2.75, 3.05) is 24.2 Å². The first-order chi connectivity index (χ1) is 8.07. The van der Waals surface area contributed by atoms with E-state index in [-0.39, 0.29) is 5.95 Å². The van der Waals surface area contributed by atoms with Crippen LogP contribution in [0.1, 0.15) is 12.8 Å². The molecule has 1 saturated carbocycles. The van der Waals surface area contributed by atoms with Crippen LogP contribution in [0.3, 0.4) is 0 Å². The maximum atomic E-state index is 9.91. The summed E-state index contributed by atoms with van der Waals surface area (Å²) < 4.78 is 0. The summed E-state index contributed by atoms with van der Waals surface area (Å²) in [6.45, 7) is 0.545. The summed E-state index contributed by atoms with van der Waals surface area (Å²) >= 11 is 0. The van der Waals surface area contributed by atoms with Gasteiger partial charge in [0, 0.05) is 13.6 Å². The molecule has 0 aliphatic heterocycles. The van der Waals surface area contributed by atoms with E-state index in [4.69, 9.17) is 5.73 Å². The lowest BCUT2D eigenvalue weighted by Crippen LogP contribution is -2.31. The first-order valence-electron chi connectivity index (χ1n) is 5.47. The van der Waals surface area contributed by atoms with Gasteiger partial charge in [0.25, 0.3) is 0 Å². The summed E-state index contributed by atoms with van der Waals surface area (Å²) in [5, 5.41) is 17.4. The lowest BCUT2D eigenvalue weighted by Gasteiger charge is -2.21. The van der Waals surface area contributed by atoms with Crippen molar-refractivity contribution in [3.8, 4) is 0 Å². The lowest BCUT2D eigenvalue weighted by molar-refractivity contribution is 0.158. The topological polar surface area (TPSA) is 104 Å². The summed E-state index contributed by atoms with van der Waals surface area (Å²) in [6, 6.07) is 0. The maximum Gasteiger partial charge on any atom is 0.224 e. The molecule has 0 unspecified atom stereocenters. The van der Waals surface area contributed by atoms with Crippen molar-refractivity contribution in [3.63, 3.8) is 0 Å². The molecule has 0 saturated heterocycles. The van der Waals surface area contributed by atoms with Crippen molar-refractivity contribution in [2.24, 2.45) is 0 Å². The molecule has 3 rings (SSSR count). The first-order valence-corrected chi connectivity index (χ1v) is 5.47. The minimum absolute atomic E-state index is 0.200. The molecule has 2 aromatic heterocycles. The molecular weight excluding hydrogens is 220 g/mol. The van der Waals surface area contributed by atoms with Gasteiger partial charge in [-0.15, -0.1) is 0 Å². The molecule has 1 aliphatic carbocycles. The van der Waals surface area contributed by atoms with E-state index in [2.05, 4.69) is 20.2 Å². The molecule has 0 aromatic carbocycles. The molecule has 1 aliphatic rings. The number of rotatable bonds is 3. The van der Waals surface area contributed by atoms with Crippen LogP contribution < -0.4 is 10.6 Å². The molecule has 1 fully saturated rings. The number of fused-ring (bicyclic) bond motifs is 1. The average Bonchev–Trinajstić information content (AvgIpc) is 2.81. The zero-order valence-electron chi connectivity index (χ0n) is 9.51. The number of hydrogen-bond donors (Lipinski definition) is 3. The van der Waals surface area contributed by atoms with Crippen LogP contribution in [0.2, 0.25) is 0 Å². The molecule has 0 radical (unpaired) electrons. The van der Waals surface area contributed by atoms with Gasteiger partial charge in [0.15, 0.2) is 5.65 Å². The second-order valence-corrected chi connectivity index (χ2v) is 4.62. The third kappa shape index (κ3) is 1.78. The number of nitrogens with two attached hydrogens (primary N) is 1. The van der Waals surface area contributed by atoms with Crippen LogP contribution in [-0.4, -0.2) is 44.5 Å². The predicted octanol–water partition coefficient (Wildman–Crippen LogP) is -0.104. The zero-order valence-corrected chi connectivity index (χ0v) is 9.51. The molecular formula is C10H14N6O. The number of aromatic nitrogens is 4. The van der Waals surface area contributed by atoms with E-state index in [1.165, 1.54) is 0 Å². The number of anilines is 2. The standard InChI is InChI=1S/C10H14N6O/c1-16(5-10(17)2-3-10)8-6-4-12-15-7(6)13-9(11)14-8/h4,17H,2-3,5H2,1H3,(H3,11,12,13,14,15). The Morgan fingerprint density at radius 3 is 3.00 bits per heavy atom. The zero-order chi connectivity index (χ0) is 12.0. The Bertz CT molecular complexity index is 561. The van der Waals surface area contributed by atoms with E-state index in [9.17, 15) is 5.11 Å². The van der Waals surface area contributed by atoms with Crippen LogP contribution >= 0.6 is 0 Å². The van der Waals surface area contributed by atoms with Gasteiger partial charge in [-0.2, -0.15) is 15.1 Å². The van der Waals surface area contributed by atoms with Crippen LogP contribution in [-0.2, 0) is 0 Å². The summed E-state index contributed by atoms with van der Waals surface area (Å²) in [5.41, 5.74) is 5.69. The van der Waals surface area contributed by atoms with E-state index in [0.29, 0.717) is 18.0 Å². The van der Waals surface area contributed by atoms with E-state index in [1.54, 1.807) is 6.20 Å². The van der Waals surface area contributed by atoms with Crippen molar-refractivity contribution in [3.05, 3.63) is 6.20 Å². The minimum Gasteiger partial charge on any atom is -0.388 e. The van der Waals surface area contributed by atoms with Crippen molar-refractivity contribution in [2.45, 2.75) is 18.4 Å². The van der Waals surface area contributed by atoms with Gasteiger partial charge in [-0.05, 0) is 12.8 Å². The fourth-order valence-corrected chi connectivity index (χ4v) is 1.95. The van der Waals surface area contributed by atoms with Crippen molar-refractivity contribution in [1.29, 1.82) is 0 Å². The van der Waals surface area contributed by atoms with Crippen LogP contribution in [0.4, 0.5) is 11.8 Å². The SMILES string of the molecule is CN(CC1(O)CC1)c1nc(N)nc2[nH]ncc12. The number of aliphatic hydroxyl groups is 1. The van der Waals surface area contributed by atoms with Crippen LogP contribution in [0, 0.1) is 0 Å². The highest BCUT2D eigenvalue weighted by Crippen LogP contribution is 2.36. The normalized spacial score (nSPS) is 17.3. The minimum atomic E-state index is -0.565. The highest BCUT2D eigenvalue weighted by molar-refractivity contribution is 5.87. The van der Waals surface area contributed by atoms with Crippen LogP contribution in [0.15, 0.2) is 6.20 Å². The highest BCUT2D eigenvalue weighted by atomic mass is 16.3. The van der Waals surface area contributed by atoms with Crippen molar-refractivity contribution < 1.29 is 5.11 Å². The van der Waals surface area contributed by atoms with E-state index in [0.717, 1.165) is 18.2 Å². The molecule has 90 valence electrons. The van der Waals surface area contributed by atoms with Gasteiger partial charge in [-0.25, -0.2) is 0 Å². The number of nitrogen functional groups attached to an aromatic ring is 1. The summed E-state index contributed by atoms with van der Waals surface area (Å²) in [6.07, 6.45) is 3.34. The first kappa shape index (κ1) is 10.3. The summed E-state index contributed by atoms with van der Waals surface area (Å²) in [7, 11) is 1.88. The summed E-state index contributed by atoms with van der Waals surface area (Å²) in [4.78, 5) is 10.1. The second kappa shape index (κ2) is 3.30. The van der Waals surface area contributed by atoms with E-state index >= 15 is 0 Å². The number of hydrogen-bond acceptors (Lipinski definition) is 6. The molecule has 2 aromatic rings. The van der Waals surface area contributed by atoms with Crippen molar-refractivity contribution in [1.82, 2.24) is 20.2 Å². The fraction of sp³-hybridized carbons (Fsp3) is 0.500. The number of likely N-dealkylation sites (N-methyl/N-ethyl adjacent to an activating group) is 1. The average molecular weight is 234 g/mol. The Morgan fingerprint density at radius 1 is 1.53 bits per heavy atom. The van der Waals surface area contributed by atoms with Crippen LogP contribution in [0.25, 0.3) is 11.0 Å². The van der Waals surface area contributed by atoms with Crippen molar-refractivity contribution >= 4 is 22.8 Å². The van der Waals surface area contributed by atoms with Gasteiger partial charge in [-0.3, -0.25) is 5.10 Å². The Labute approximate surface area is 97.7 Å². The predicted molar refractivity (Wildman–Crippen MR) is 63.5 cm³/mol. The highest BCUT2D eigenvalue weighted by Gasteiger charge is 2.41. The Hall–Kier alpha value is -1.89. The van der Waals surface area contributed by atoms with E-state index in [1.807, 2.05) is 11.9 Å². The van der Waals surface area contributed by atoms with Gasteiger partial charge < -0.3 is 15.7 Å². The quantitative estimate of drug-likeness (QED) is 0.685. The number of aromatic amines is 1. The van der Waals surface area contributed by atoms with Crippen LogP contribution in [0.5, 0.6) is 0 Å². The van der Waals surface area contributed by atoms with Gasteiger partial charge in [-0.1, -0.05) is 0 Å². The Kier molecular flexibility index (Phi) is 1.99. The largest absolute Gasteiger partial charge is 0.388 e. The number of nitrogens with one attached hydrogen (secondary N) is 1. The van der Waals surface area contributed by atoms with Gasteiger partial charge >= 0.3 is 0 Å². The van der Waals surface area contributed by atoms with Gasteiger partial charge in [0.1, 0.15) is 5.82 Å². The third-order valence-electron chi connectivity index (χ3n) is 3.03. The molecule has 0 bridgehead atoms. The molecule has 17 heavy (non-hydrogen) atoms. The number of nitrogens with zero attached hydrogens (tertiary/aromatic N) is 4. The molecule has 2 heterocycles. The molecule has 7 heteroatoms. The van der Waals surface area contributed by atoms with Gasteiger partial charge in [0.2, 0.25) is 5.95 Å². The monoisotopic (exact) mass is 234 g/mol. The van der Waals surface area contributed by atoms with E-state index < -0.39 is 5.60 Å². The Morgan fingerprint density at radius 2 is 2.29 bits per heavy atom. The van der Waals surface area contributed by atoms with Gasteiger partial charge in [0.05, 0.1) is 17.2 Å². The molecule has 0 spiro atoms. The molecule has 0 atom stereocenters. The fourth-order valence-electron chi connectivity index (χ4n) is 1.95. The maximum absolute atomic E-state index is 9.91.